The van der Waals surface area contributed by atoms with E-state index in [1.54, 1.807) is 7.11 Å². The zero-order chi connectivity index (χ0) is 11.5. The molecule has 3 heteroatoms. The first kappa shape index (κ1) is 14.9. The van der Waals surface area contributed by atoms with Crippen molar-refractivity contribution in [1.82, 2.24) is 10.2 Å². The summed E-state index contributed by atoms with van der Waals surface area (Å²) in [5, 5.41) is 3.34. The van der Waals surface area contributed by atoms with Gasteiger partial charge >= 0.3 is 0 Å². The SMILES string of the molecule is CCC(CCCN(C)CCCOC)NC. The highest BCUT2D eigenvalue weighted by molar-refractivity contribution is 4.63. The molecule has 0 amide bonds. The number of hydrogen-bond donors (Lipinski definition) is 1. The molecule has 0 aromatic rings. The van der Waals surface area contributed by atoms with Gasteiger partial charge in [0.2, 0.25) is 0 Å². The summed E-state index contributed by atoms with van der Waals surface area (Å²) in [5.74, 6) is 0. The molecule has 0 fully saturated rings. The number of rotatable bonds is 10. The van der Waals surface area contributed by atoms with E-state index in [4.69, 9.17) is 4.74 Å². The summed E-state index contributed by atoms with van der Waals surface area (Å²) in [4.78, 5) is 2.39. The topological polar surface area (TPSA) is 24.5 Å². The van der Waals surface area contributed by atoms with Crippen molar-refractivity contribution < 1.29 is 4.74 Å². The van der Waals surface area contributed by atoms with E-state index >= 15 is 0 Å². The molecule has 1 N–H and O–H groups in total. The Kier molecular flexibility index (Phi) is 10.3. The van der Waals surface area contributed by atoms with Crippen molar-refractivity contribution in [2.45, 2.75) is 38.6 Å². The van der Waals surface area contributed by atoms with Crippen LogP contribution in [0.5, 0.6) is 0 Å². The normalized spacial score (nSPS) is 13.4. The first-order chi connectivity index (χ1) is 7.24. The molecule has 0 spiro atoms. The van der Waals surface area contributed by atoms with Crippen LogP contribution in [0.1, 0.15) is 32.6 Å². The highest BCUT2D eigenvalue weighted by atomic mass is 16.5. The molecule has 1 atom stereocenters. The van der Waals surface area contributed by atoms with Crippen LogP contribution < -0.4 is 5.32 Å². The zero-order valence-electron chi connectivity index (χ0n) is 10.9. The molecule has 0 aliphatic rings. The molecular weight excluding hydrogens is 188 g/mol. The van der Waals surface area contributed by atoms with Crippen molar-refractivity contribution >= 4 is 0 Å². The largest absolute Gasteiger partial charge is 0.385 e. The Morgan fingerprint density at radius 1 is 1.27 bits per heavy atom. The third kappa shape index (κ3) is 8.85. The molecule has 0 aromatic heterocycles. The van der Waals surface area contributed by atoms with Gasteiger partial charge in [-0.2, -0.15) is 0 Å². The molecule has 15 heavy (non-hydrogen) atoms. The molecule has 0 rings (SSSR count). The fourth-order valence-electron chi connectivity index (χ4n) is 1.75. The van der Waals surface area contributed by atoms with Crippen LogP contribution in [0.25, 0.3) is 0 Å². The molecule has 0 aromatic carbocycles. The van der Waals surface area contributed by atoms with Gasteiger partial charge in [0.25, 0.3) is 0 Å². The van der Waals surface area contributed by atoms with Crippen LogP contribution in [-0.2, 0) is 4.74 Å². The van der Waals surface area contributed by atoms with Gasteiger partial charge in [-0.1, -0.05) is 6.92 Å². The number of nitrogens with one attached hydrogen (secondary N) is 1. The van der Waals surface area contributed by atoms with E-state index in [-0.39, 0.29) is 0 Å². The van der Waals surface area contributed by atoms with Gasteiger partial charge in [0.05, 0.1) is 0 Å². The van der Waals surface area contributed by atoms with E-state index < -0.39 is 0 Å². The van der Waals surface area contributed by atoms with Crippen LogP contribution in [-0.4, -0.2) is 51.8 Å². The van der Waals surface area contributed by atoms with Crippen LogP contribution in [0, 0.1) is 0 Å². The summed E-state index contributed by atoms with van der Waals surface area (Å²) in [6.45, 7) is 5.45. The monoisotopic (exact) mass is 216 g/mol. The first-order valence-electron chi connectivity index (χ1n) is 6.09. The van der Waals surface area contributed by atoms with E-state index in [0.29, 0.717) is 6.04 Å². The van der Waals surface area contributed by atoms with E-state index in [0.717, 1.165) is 19.6 Å². The van der Waals surface area contributed by atoms with Crippen LogP contribution in [0.15, 0.2) is 0 Å². The quantitative estimate of drug-likeness (QED) is 0.563. The van der Waals surface area contributed by atoms with Gasteiger partial charge in [-0.25, -0.2) is 0 Å². The standard InChI is InChI=1S/C12H28N2O/c1-5-12(13-2)8-6-9-14(3)10-7-11-15-4/h12-13H,5-11H2,1-4H3. The Morgan fingerprint density at radius 2 is 1.93 bits per heavy atom. The van der Waals surface area contributed by atoms with E-state index in [1.165, 1.54) is 25.8 Å². The maximum Gasteiger partial charge on any atom is 0.0474 e. The Morgan fingerprint density at radius 3 is 2.47 bits per heavy atom. The molecule has 3 nitrogen and oxygen atoms in total. The van der Waals surface area contributed by atoms with Gasteiger partial charge in [-0.15, -0.1) is 0 Å². The summed E-state index contributed by atoms with van der Waals surface area (Å²) >= 11 is 0. The minimum absolute atomic E-state index is 0.692. The molecule has 0 aliphatic carbocycles. The maximum absolute atomic E-state index is 5.03. The second-order valence-corrected chi connectivity index (χ2v) is 4.19. The fraction of sp³-hybridized carbons (Fsp3) is 1.00. The Bertz CT molecular complexity index is 127. The van der Waals surface area contributed by atoms with Crippen LogP contribution in [0.2, 0.25) is 0 Å². The first-order valence-corrected chi connectivity index (χ1v) is 6.09. The van der Waals surface area contributed by atoms with Gasteiger partial charge in [0.1, 0.15) is 0 Å². The minimum Gasteiger partial charge on any atom is -0.385 e. The average Bonchev–Trinajstić information content (AvgIpc) is 2.25. The summed E-state index contributed by atoms with van der Waals surface area (Å²) < 4.78 is 5.03. The highest BCUT2D eigenvalue weighted by Crippen LogP contribution is 2.02. The smallest absolute Gasteiger partial charge is 0.0474 e. The number of hydrogen-bond acceptors (Lipinski definition) is 3. The second kappa shape index (κ2) is 10.4. The molecule has 92 valence electrons. The fourth-order valence-corrected chi connectivity index (χ4v) is 1.75. The molecular formula is C12H28N2O. The van der Waals surface area contributed by atoms with E-state index in [9.17, 15) is 0 Å². The lowest BCUT2D eigenvalue weighted by atomic mass is 10.1. The highest BCUT2D eigenvalue weighted by Gasteiger charge is 2.03. The second-order valence-electron chi connectivity index (χ2n) is 4.19. The third-order valence-corrected chi connectivity index (χ3v) is 2.88. The average molecular weight is 216 g/mol. The van der Waals surface area contributed by atoms with E-state index in [1.807, 2.05) is 0 Å². The van der Waals surface area contributed by atoms with Gasteiger partial charge in [0.15, 0.2) is 0 Å². The van der Waals surface area contributed by atoms with Crippen LogP contribution in [0.4, 0.5) is 0 Å². The molecule has 0 saturated carbocycles. The Balaban J connectivity index is 3.33. The molecule has 0 radical (unpaired) electrons. The molecule has 1 unspecified atom stereocenters. The maximum atomic E-state index is 5.03. The van der Waals surface area contributed by atoms with E-state index in [2.05, 4.69) is 31.2 Å². The predicted octanol–water partition coefficient (Wildman–Crippen LogP) is 1.73. The van der Waals surface area contributed by atoms with Crippen molar-refractivity contribution in [3.05, 3.63) is 0 Å². The third-order valence-electron chi connectivity index (χ3n) is 2.88. The van der Waals surface area contributed by atoms with Crippen LogP contribution >= 0.6 is 0 Å². The lowest BCUT2D eigenvalue weighted by molar-refractivity contribution is 0.178. The van der Waals surface area contributed by atoms with Crippen molar-refractivity contribution in [3.8, 4) is 0 Å². The lowest BCUT2D eigenvalue weighted by Gasteiger charge is -2.18. The molecule has 0 bridgehead atoms. The number of methoxy groups -OCH3 is 1. The van der Waals surface area contributed by atoms with Crippen molar-refractivity contribution in [2.24, 2.45) is 0 Å². The molecule has 0 saturated heterocycles. The lowest BCUT2D eigenvalue weighted by Crippen LogP contribution is -2.27. The Hall–Kier alpha value is -0.120. The summed E-state index contributed by atoms with van der Waals surface area (Å²) in [5.41, 5.74) is 0. The summed E-state index contributed by atoms with van der Waals surface area (Å²) in [7, 11) is 6.01. The predicted molar refractivity (Wildman–Crippen MR) is 66.4 cm³/mol. The Labute approximate surface area is 95.2 Å². The zero-order valence-corrected chi connectivity index (χ0v) is 10.9. The van der Waals surface area contributed by atoms with Crippen molar-refractivity contribution in [1.29, 1.82) is 0 Å². The minimum atomic E-state index is 0.692. The number of ether oxygens (including phenoxy) is 1. The summed E-state index contributed by atoms with van der Waals surface area (Å²) in [6.07, 6.45) is 4.92. The van der Waals surface area contributed by atoms with Gasteiger partial charge in [0, 0.05) is 26.3 Å². The van der Waals surface area contributed by atoms with Gasteiger partial charge in [-0.3, -0.25) is 0 Å². The summed E-state index contributed by atoms with van der Waals surface area (Å²) in [6, 6.07) is 0.692. The number of nitrogens with zero attached hydrogens (tertiary/aromatic N) is 1. The van der Waals surface area contributed by atoms with Crippen molar-refractivity contribution in [3.63, 3.8) is 0 Å². The molecule has 0 aliphatic heterocycles. The van der Waals surface area contributed by atoms with Gasteiger partial charge < -0.3 is 15.0 Å². The molecule has 0 heterocycles. The van der Waals surface area contributed by atoms with Crippen molar-refractivity contribution in [2.75, 3.05) is 40.9 Å². The van der Waals surface area contributed by atoms with Gasteiger partial charge in [-0.05, 0) is 46.3 Å². The van der Waals surface area contributed by atoms with Crippen LogP contribution in [0.3, 0.4) is 0 Å².